The van der Waals surface area contributed by atoms with E-state index in [1.165, 1.54) is 12.8 Å². The van der Waals surface area contributed by atoms with Crippen molar-refractivity contribution in [2.45, 2.75) is 49.2 Å². The third kappa shape index (κ3) is 3.68. The SMILES string of the molecule is CC1(NS(=O)(=O)c2cc(CNC3CC3)oc2Br)CCOC1. The average molecular weight is 379 g/mol. The summed E-state index contributed by atoms with van der Waals surface area (Å²) >= 11 is 3.20. The van der Waals surface area contributed by atoms with Crippen molar-refractivity contribution in [1.82, 2.24) is 10.0 Å². The molecule has 21 heavy (non-hydrogen) atoms. The van der Waals surface area contributed by atoms with Gasteiger partial charge in [0, 0.05) is 18.7 Å². The van der Waals surface area contributed by atoms with Crippen LogP contribution in [-0.2, 0) is 21.3 Å². The summed E-state index contributed by atoms with van der Waals surface area (Å²) in [4.78, 5) is 0.142. The largest absolute Gasteiger partial charge is 0.452 e. The molecule has 1 atom stereocenters. The number of hydrogen-bond acceptors (Lipinski definition) is 5. The topological polar surface area (TPSA) is 80.6 Å². The molecule has 2 aliphatic rings. The lowest BCUT2D eigenvalue weighted by molar-refractivity contribution is 0.178. The van der Waals surface area contributed by atoms with Crippen molar-refractivity contribution < 1.29 is 17.6 Å². The maximum absolute atomic E-state index is 12.5. The monoisotopic (exact) mass is 378 g/mol. The summed E-state index contributed by atoms with van der Waals surface area (Å²) in [6.45, 7) is 3.35. The first-order valence-corrected chi connectivity index (χ1v) is 9.29. The van der Waals surface area contributed by atoms with E-state index >= 15 is 0 Å². The Morgan fingerprint density at radius 2 is 2.24 bits per heavy atom. The van der Waals surface area contributed by atoms with Gasteiger partial charge in [0.05, 0.1) is 18.7 Å². The Kier molecular flexibility index (Phi) is 4.17. The second-order valence-electron chi connectivity index (χ2n) is 5.97. The van der Waals surface area contributed by atoms with Crippen LogP contribution in [0.15, 0.2) is 20.0 Å². The van der Waals surface area contributed by atoms with Gasteiger partial charge in [0.15, 0.2) is 4.67 Å². The molecule has 1 unspecified atom stereocenters. The zero-order valence-corrected chi connectivity index (χ0v) is 14.2. The van der Waals surface area contributed by atoms with Crippen LogP contribution in [0.1, 0.15) is 31.9 Å². The Morgan fingerprint density at radius 1 is 1.48 bits per heavy atom. The summed E-state index contributed by atoms with van der Waals surface area (Å²) in [7, 11) is -3.63. The third-order valence-corrected chi connectivity index (χ3v) is 6.23. The maximum atomic E-state index is 12.5. The predicted molar refractivity (Wildman–Crippen MR) is 80.4 cm³/mol. The highest BCUT2D eigenvalue weighted by atomic mass is 79.9. The van der Waals surface area contributed by atoms with Gasteiger partial charge in [0.2, 0.25) is 10.0 Å². The highest BCUT2D eigenvalue weighted by Gasteiger charge is 2.36. The van der Waals surface area contributed by atoms with E-state index in [1.807, 2.05) is 6.92 Å². The van der Waals surface area contributed by atoms with Gasteiger partial charge >= 0.3 is 0 Å². The molecule has 1 aliphatic carbocycles. The molecular formula is C13H19BrN2O4S. The van der Waals surface area contributed by atoms with Crippen LogP contribution in [0.3, 0.4) is 0 Å². The Balaban J connectivity index is 1.74. The Labute approximate surface area is 132 Å². The second-order valence-corrected chi connectivity index (χ2v) is 8.35. The first-order valence-electron chi connectivity index (χ1n) is 7.01. The van der Waals surface area contributed by atoms with Crippen LogP contribution in [-0.4, -0.2) is 33.2 Å². The van der Waals surface area contributed by atoms with Crippen molar-refractivity contribution in [3.63, 3.8) is 0 Å². The van der Waals surface area contributed by atoms with Gasteiger partial charge in [0.1, 0.15) is 10.7 Å². The molecular weight excluding hydrogens is 360 g/mol. The van der Waals surface area contributed by atoms with Crippen molar-refractivity contribution in [1.29, 1.82) is 0 Å². The number of sulfonamides is 1. The second kappa shape index (κ2) is 5.66. The fraction of sp³-hybridized carbons (Fsp3) is 0.692. The molecule has 0 spiro atoms. The number of ether oxygens (including phenoxy) is 1. The van der Waals surface area contributed by atoms with E-state index in [0.717, 1.165) is 0 Å². The lowest BCUT2D eigenvalue weighted by atomic mass is 10.0. The first-order chi connectivity index (χ1) is 9.88. The minimum atomic E-state index is -3.63. The highest BCUT2D eigenvalue weighted by molar-refractivity contribution is 9.10. The molecule has 1 aromatic rings. The number of furan rings is 1. The zero-order valence-electron chi connectivity index (χ0n) is 11.8. The Bertz CT molecular complexity index is 618. The van der Waals surface area contributed by atoms with Crippen LogP contribution < -0.4 is 10.0 Å². The van der Waals surface area contributed by atoms with Crippen molar-refractivity contribution in [2.24, 2.45) is 0 Å². The zero-order chi connectivity index (χ0) is 15.1. The standard InChI is InChI=1S/C13H19BrN2O4S/c1-13(4-5-19-8-13)16-21(17,18)11-6-10(20-12(11)14)7-15-9-2-3-9/h6,9,15-16H,2-5,7-8H2,1H3. The van der Waals surface area contributed by atoms with Crippen molar-refractivity contribution in [3.8, 4) is 0 Å². The number of hydrogen-bond donors (Lipinski definition) is 2. The fourth-order valence-electron chi connectivity index (χ4n) is 2.33. The van der Waals surface area contributed by atoms with E-state index in [-0.39, 0.29) is 9.56 Å². The lowest BCUT2D eigenvalue weighted by Gasteiger charge is -2.22. The van der Waals surface area contributed by atoms with E-state index in [0.29, 0.717) is 38.0 Å². The number of rotatable bonds is 6. The smallest absolute Gasteiger partial charge is 0.245 e. The van der Waals surface area contributed by atoms with Gasteiger partial charge in [-0.15, -0.1) is 0 Å². The molecule has 0 bridgehead atoms. The summed E-state index contributed by atoms with van der Waals surface area (Å²) in [5.41, 5.74) is -0.554. The fourth-order valence-corrected chi connectivity index (χ4v) is 4.75. The third-order valence-electron chi connectivity index (χ3n) is 3.74. The molecule has 0 aromatic carbocycles. The van der Waals surface area contributed by atoms with Crippen LogP contribution >= 0.6 is 15.9 Å². The number of nitrogens with one attached hydrogen (secondary N) is 2. The molecule has 1 saturated heterocycles. The molecule has 0 amide bonds. The molecule has 2 N–H and O–H groups in total. The molecule has 3 rings (SSSR count). The molecule has 1 saturated carbocycles. The quantitative estimate of drug-likeness (QED) is 0.787. The van der Waals surface area contributed by atoms with E-state index in [2.05, 4.69) is 26.0 Å². The summed E-state index contributed by atoms with van der Waals surface area (Å²) in [6.07, 6.45) is 3.01. The predicted octanol–water partition coefficient (Wildman–Crippen LogP) is 1.75. The van der Waals surface area contributed by atoms with Crippen LogP contribution in [0, 0.1) is 0 Å². The van der Waals surface area contributed by atoms with Crippen molar-refractivity contribution in [2.75, 3.05) is 13.2 Å². The molecule has 118 valence electrons. The Hall–Kier alpha value is -0.410. The van der Waals surface area contributed by atoms with Crippen LogP contribution in [0.4, 0.5) is 0 Å². The van der Waals surface area contributed by atoms with Gasteiger partial charge in [-0.2, -0.15) is 0 Å². The van der Waals surface area contributed by atoms with E-state index in [4.69, 9.17) is 9.15 Å². The Morgan fingerprint density at radius 3 is 2.86 bits per heavy atom. The highest BCUT2D eigenvalue weighted by Crippen LogP contribution is 2.29. The molecule has 6 nitrogen and oxygen atoms in total. The van der Waals surface area contributed by atoms with Gasteiger partial charge in [-0.1, -0.05) is 0 Å². The average Bonchev–Trinajstić information content (AvgIpc) is 3.01. The minimum Gasteiger partial charge on any atom is -0.452 e. The van der Waals surface area contributed by atoms with Crippen LogP contribution in [0.2, 0.25) is 0 Å². The lowest BCUT2D eigenvalue weighted by Crippen LogP contribution is -2.46. The minimum absolute atomic E-state index is 0.142. The van der Waals surface area contributed by atoms with E-state index in [9.17, 15) is 8.42 Å². The maximum Gasteiger partial charge on any atom is 0.245 e. The normalized spacial score (nSPS) is 26.4. The molecule has 0 radical (unpaired) electrons. The molecule has 1 aromatic heterocycles. The van der Waals surface area contributed by atoms with E-state index < -0.39 is 15.6 Å². The molecule has 2 fully saturated rings. The molecule has 8 heteroatoms. The van der Waals surface area contributed by atoms with E-state index in [1.54, 1.807) is 6.07 Å². The van der Waals surface area contributed by atoms with Crippen LogP contribution in [0.25, 0.3) is 0 Å². The number of halogens is 1. The van der Waals surface area contributed by atoms with Crippen LogP contribution in [0.5, 0.6) is 0 Å². The van der Waals surface area contributed by atoms with Gasteiger partial charge in [0.25, 0.3) is 0 Å². The summed E-state index contributed by atoms with van der Waals surface area (Å²) in [5, 5.41) is 3.30. The summed E-state index contributed by atoms with van der Waals surface area (Å²) in [6, 6.07) is 2.11. The van der Waals surface area contributed by atoms with Crippen molar-refractivity contribution >= 4 is 26.0 Å². The molecule has 2 heterocycles. The first kappa shape index (κ1) is 15.5. The summed E-state index contributed by atoms with van der Waals surface area (Å²) < 4.78 is 38.7. The van der Waals surface area contributed by atoms with Gasteiger partial charge in [-0.05, 0) is 42.1 Å². The van der Waals surface area contributed by atoms with Gasteiger partial charge in [-0.25, -0.2) is 13.1 Å². The van der Waals surface area contributed by atoms with Gasteiger partial charge in [-0.3, -0.25) is 0 Å². The van der Waals surface area contributed by atoms with Crippen molar-refractivity contribution in [3.05, 3.63) is 16.5 Å². The molecule has 1 aliphatic heterocycles. The summed E-state index contributed by atoms with van der Waals surface area (Å²) in [5.74, 6) is 0.613. The van der Waals surface area contributed by atoms with Gasteiger partial charge < -0.3 is 14.5 Å².